The minimum atomic E-state index is -0.265. The molecule has 2 N–H and O–H groups in total. The van der Waals surface area contributed by atoms with Crippen LogP contribution in [0.4, 0.5) is 5.69 Å². The lowest BCUT2D eigenvalue weighted by atomic mass is 10.1. The number of amides is 2. The second-order valence-corrected chi connectivity index (χ2v) is 7.59. The van der Waals surface area contributed by atoms with Gasteiger partial charge in [-0.2, -0.15) is 0 Å². The van der Waals surface area contributed by atoms with Crippen molar-refractivity contribution >= 4 is 17.5 Å². The van der Waals surface area contributed by atoms with Crippen molar-refractivity contribution in [2.24, 2.45) is 0 Å². The average molecular weight is 446 g/mol. The highest BCUT2D eigenvalue weighted by atomic mass is 16.5. The molecule has 3 aromatic rings. The molecule has 0 spiro atoms. The van der Waals surface area contributed by atoms with Gasteiger partial charge in [-0.1, -0.05) is 56.3 Å². The maximum absolute atomic E-state index is 12.3. The smallest absolute Gasteiger partial charge is 0.262 e. The molecule has 0 unspecified atom stereocenters. The summed E-state index contributed by atoms with van der Waals surface area (Å²) in [6.45, 7) is 7.45. The second-order valence-electron chi connectivity index (χ2n) is 7.59. The molecule has 0 atom stereocenters. The molecule has 0 saturated carbocycles. The predicted molar refractivity (Wildman–Crippen MR) is 133 cm³/mol. The van der Waals surface area contributed by atoms with E-state index in [0.717, 1.165) is 30.8 Å². The highest BCUT2D eigenvalue weighted by Crippen LogP contribution is 2.22. The van der Waals surface area contributed by atoms with E-state index in [1.54, 1.807) is 24.3 Å². The lowest BCUT2D eigenvalue weighted by Crippen LogP contribution is -2.34. The lowest BCUT2D eigenvalue weighted by Gasteiger charge is -2.18. The molecule has 0 aliphatic rings. The first-order valence-corrected chi connectivity index (χ1v) is 11.3. The van der Waals surface area contributed by atoms with Gasteiger partial charge in [-0.05, 0) is 60.6 Å². The lowest BCUT2D eigenvalue weighted by molar-refractivity contribution is -0.118. The zero-order valence-electron chi connectivity index (χ0n) is 19.2. The van der Waals surface area contributed by atoms with Gasteiger partial charge in [0, 0.05) is 24.3 Å². The number of nitrogens with zero attached hydrogens (tertiary/aromatic N) is 1. The van der Waals surface area contributed by atoms with Crippen LogP contribution < -0.4 is 15.4 Å². The number of carbonyl (C=O) groups is 2. The molecule has 3 aromatic carbocycles. The van der Waals surface area contributed by atoms with Crippen LogP contribution in [0, 0.1) is 0 Å². The summed E-state index contributed by atoms with van der Waals surface area (Å²) in [7, 11) is 0. The van der Waals surface area contributed by atoms with Gasteiger partial charge in [0.2, 0.25) is 0 Å². The van der Waals surface area contributed by atoms with Crippen LogP contribution in [-0.2, 0) is 4.79 Å². The Morgan fingerprint density at radius 3 is 2.09 bits per heavy atom. The van der Waals surface area contributed by atoms with Gasteiger partial charge in [-0.3, -0.25) is 9.59 Å². The third-order valence-electron chi connectivity index (χ3n) is 5.37. The minimum Gasteiger partial charge on any atom is -0.484 e. The van der Waals surface area contributed by atoms with Gasteiger partial charge in [0.25, 0.3) is 11.8 Å². The number of anilines is 1. The first-order chi connectivity index (χ1) is 16.1. The van der Waals surface area contributed by atoms with Gasteiger partial charge >= 0.3 is 0 Å². The molecule has 0 heterocycles. The fourth-order valence-corrected chi connectivity index (χ4v) is 3.39. The van der Waals surface area contributed by atoms with E-state index in [2.05, 4.69) is 29.4 Å². The molecule has 172 valence electrons. The molecule has 0 radical (unpaired) electrons. The molecule has 0 aliphatic heterocycles. The monoisotopic (exact) mass is 445 g/mol. The first-order valence-electron chi connectivity index (χ1n) is 11.3. The molecule has 0 bridgehead atoms. The predicted octanol–water partition coefficient (Wildman–Crippen LogP) is 4.44. The summed E-state index contributed by atoms with van der Waals surface area (Å²) in [5.74, 6) is 0.238. The summed E-state index contributed by atoms with van der Waals surface area (Å²) in [6, 6.07) is 24.5. The third-order valence-corrected chi connectivity index (χ3v) is 5.37. The summed E-state index contributed by atoms with van der Waals surface area (Å²) in [6.07, 6.45) is 0. The Morgan fingerprint density at radius 2 is 1.45 bits per heavy atom. The van der Waals surface area contributed by atoms with Crippen LogP contribution in [0.3, 0.4) is 0 Å². The van der Waals surface area contributed by atoms with Crippen LogP contribution in [0.2, 0.25) is 0 Å². The van der Waals surface area contributed by atoms with Crippen molar-refractivity contribution in [1.29, 1.82) is 0 Å². The summed E-state index contributed by atoms with van der Waals surface area (Å²) >= 11 is 0. The van der Waals surface area contributed by atoms with Gasteiger partial charge in [0.1, 0.15) is 5.75 Å². The van der Waals surface area contributed by atoms with Crippen molar-refractivity contribution in [1.82, 2.24) is 10.2 Å². The van der Waals surface area contributed by atoms with E-state index in [4.69, 9.17) is 4.74 Å². The van der Waals surface area contributed by atoms with Gasteiger partial charge in [-0.25, -0.2) is 0 Å². The highest BCUT2D eigenvalue weighted by Gasteiger charge is 2.08. The maximum atomic E-state index is 12.3. The van der Waals surface area contributed by atoms with Gasteiger partial charge < -0.3 is 20.3 Å². The zero-order chi connectivity index (χ0) is 23.5. The molecular weight excluding hydrogens is 414 g/mol. The van der Waals surface area contributed by atoms with Gasteiger partial charge in [-0.15, -0.1) is 0 Å². The van der Waals surface area contributed by atoms with E-state index in [1.807, 2.05) is 54.6 Å². The third kappa shape index (κ3) is 7.47. The molecular formula is C27H31N3O3. The van der Waals surface area contributed by atoms with E-state index in [9.17, 15) is 9.59 Å². The molecule has 2 amide bonds. The standard InChI is InChI=1S/C27H31N3O3/c1-3-30(4-2)19-18-28-27(32)23-10-14-24(15-11-23)29-26(31)20-33-25-16-12-22(13-17-25)21-8-6-5-7-9-21/h5-17H,3-4,18-20H2,1-2H3,(H,28,32)(H,29,31). The van der Waals surface area contributed by atoms with Crippen molar-refractivity contribution in [3.63, 3.8) is 0 Å². The number of benzene rings is 3. The molecule has 0 saturated heterocycles. The topological polar surface area (TPSA) is 70.7 Å². The Bertz CT molecular complexity index is 1010. The molecule has 0 aromatic heterocycles. The summed E-state index contributed by atoms with van der Waals surface area (Å²) in [5.41, 5.74) is 3.39. The fourth-order valence-electron chi connectivity index (χ4n) is 3.39. The molecule has 0 aliphatic carbocycles. The van der Waals surface area contributed by atoms with Crippen LogP contribution >= 0.6 is 0 Å². The number of carbonyl (C=O) groups excluding carboxylic acids is 2. The quantitative estimate of drug-likeness (QED) is 0.458. The molecule has 3 rings (SSSR count). The Hall–Kier alpha value is -3.64. The van der Waals surface area contributed by atoms with Crippen LogP contribution in [0.1, 0.15) is 24.2 Å². The summed E-state index contributed by atoms with van der Waals surface area (Å²) in [4.78, 5) is 26.8. The number of hydrogen-bond donors (Lipinski definition) is 2. The number of likely N-dealkylation sites (N-methyl/N-ethyl adjacent to an activating group) is 1. The van der Waals surface area contributed by atoms with Crippen molar-refractivity contribution in [3.8, 4) is 16.9 Å². The van der Waals surface area contributed by atoms with E-state index in [1.165, 1.54) is 0 Å². The van der Waals surface area contributed by atoms with Crippen molar-refractivity contribution < 1.29 is 14.3 Å². The fraction of sp³-hybridized carbons (Fsp3) is 0.259. The van der Waals surface area contributed by atoms with Gasteiger partial charge in [0.05, 0.1) is 0 Å². The van der Waals surface area contributed by atoms with E-state index in [-0.39, 0.29) is 18.4 Å². The normalized spacial score (nSPS) is 10.6. The highest BCUT2D eigenvalue weighted by molar-refractivity contribution is 5.96. The number of hydrogen-bond acceptors (Lipinski definition) is 4. The Balaban J connectivity index is 1.43. The SMILES string of the molecule is CCN(CC)CCNC(=O)c1ccc(NC(=O)COc2ccc(-c3ccccc3)cc2)cc1. The van der Waals surface area contributed by atoms with Crippen LogP contribution in [0.25, 0.3) is 11.1 Å². The first kappa shape index (κ1) is 24.0. The molecule has 33 heavy (non-hydrogen) atoms. The Labute approximate surface area is 195 Å². The van der Waals surface area contributed by atoms with E-state index in [0.29, 0.717) is 23.5 Å². The van der Waals surface area contributed by atoms with Crippen LogP contribution in [0.15, 0.2) is 78.9 Å². The maximum Gasteiger partial charge on any atom is 0.262 e. The zero-order valence-corrected chi connectivity index (χ0v) is 19.2. The van der Waals surface area contributed by atoms with Crippen molar-refractivity contribution in [2.75, 3.05) is 38.1 Å². The number of nitrogens with one attached hydrogen (secondary N) is 2. The van der Waals surface area contributed by atoms with E-state index < -0.39 is 0 Å². The summed E-state index contributed by atoms with van der Waals surface area (Å²) < 4.78 is 5.59. The average Bonchev–Trinajstić information content (AvgIpc) is 2.86. The Kier molecular flexibility index (Phi) is 9.03. The van der Waals surface area contributed by atoms with Gasteiger partial charge in [0.15, 0.2) is 6.61 Å². The largest absolute Gasteiger partial charge is 0.484 e. The molecule has 0 fully saturated rings. The van der Waals surface area contributed by atoms with Crippen molar-refractivity contribution in [2.45, 2.75) is 13.8 Å². The van der Waals surface area contributed by atoms with Crippen LogP contribution in [-0.4, -0.2) is 49.5 Å². The number of ether oxygens (including phenoxy) is 1. The summed E-state index contributed by atoms with van der Waals surface area (Å²) in [5, 5.41) is 5.71. The molecule has 6 nitrogen and oxygen atoms in total. The second kappa shape index (κ2) is 12.4. The van der Waals surface area contributed by atoms with Crippen LogP contribution in [0.5, 0.6) is 5.75 Å². The minimum absolute atomic E-state index is 0.0989. The number of rotatable bonds is 11. The van der Waals surface area contributed by atoms with Crippen molar-refractivity contribution in [3.05, 3.63) is 84.4 Å². The van der Waals surface area contributed by atoms with E-state index >= 15 is 0 Å². The molecule has 6 heteroatoms. The Morgan fingerprint density at radius 1 is 0.818 bits per heavy atom.